The molecule has 3 aromatic carbocycles. The number of nitrogens with zero attached hydrogens (tertiary/aromatic N) is 3. The minimum Gasteiger partial charge on any atom is -0.490 e. The van der Waals surface area contributed by atoms with E-state index < -0.39 is 16.8 Å². The highest BCUT2D eigenvalue weighted by molar-refractivity contribution is 6.08. The first-order valence-corrected chi connectivity index (χ1v) is 10.9. The Balaban J connectivity index is 1.40. The van der Waals surface area contributed by atoms with Gasteiger partial charge in [0.05, 0.1) is 30.1 Å². The third-order valence-electron chi connectivity index (χ3n) is 7.15. The molecule has 0 N–H and O–H groups in total. The first-order valence-electron chi connectivity index (χ1n) is 10.9. The van der Waals surface area contributed by atoms with Crippen LogP contribution in [0.1, 0.15) is 39.7 Å². The number of benzene rings is 3. The van der Waals surface area contributed by atoms with E-state index in [1.807, 2.05) is 48.5 Å². The average molecular weight is 453 g/mol. The lowest BCUT2D eigenvalue weighted by molar-refractivity contribution is -0.385. The van der Waals surface area contributed by atoms with Crippen LogP contribution in [-0.2, 0) is 9.59 Å². The van der Waals surface area contributed by atoms with Crippen LogP contribution in [0.25, 0.3) is 0 Å². The second-order valence-electron chi connectivity index (χ2n) is 8.69. The number of nitro benzene ring substituents is 1. The fraction of sp³-hybridized carbons (Fsp3) is 0.192. The molecule has 1 aliphatic heterocycles. The predicted molar refractivity (Wildman–Crippen MR) is 123 cm³/mol. The molecule has 1 heterocycles. The number of carbonyl (C=O) groups excluding carboxylic acids is 2. The molecule has 0 saturated carbocycles. The molecule has 4 aliphatic rings. The lowest BCUT2D eigenvalue weighted by atomic mass is 9.55. The summed E-state index contributed by atoms with van der Waals surface area (Å²) in [6.07, 6.45) is 1.31. The number of amides is 2. The number of imide groups is 1. The molecule has 0 radical (unpaired) electrons. The van der Waals surface area contributed by atoms with Crippen LogP contribution in [0.2, 0.25) is 0 Å². The number of ether oxygens (including phenoxy) is 1. The summed E-state index contributed by atoms with van der Waals surface area (Å²) in [5.41, 5.74) is 4.52. The summed E-state index contributed by atoms with van der Waals surface area (Å²) in [5, 5.41) is 16.5. The molecule has 2 bridgehead atoms. The molecule has 7 rings (SSSR count). The zero-order chi connectivity index (χ0) is 23.6. The van der Waals surface area contributed by atoms with Crippen molar-refractivity contribution in [3.05, 3.63) is 105 Å². The van der Waals surface area contributed by atoms with Crippen LogP contribution in [0, 0.1) is 22.0 Å². The van der Waals surface area contributed by atoms with Crippen molar-refractivity contribution in [1.82, 2.24) is 5.01 Å². The molecule has 0 unspecified atom stereocenters. The number of carbonyl (C=O) groups is 2. The van der Waals surface area contributed by atoms with Gasteiger partial charge in [0.25, 0.3) is 11.8 Å². The van der Waals surface area contributed by atoms with E-state index in [1.165, 1.54) is 25.5 Å². The Morgan fingerprint density at radius 1 is 0.882 bits per heavy atom. The standard InChI is InChI=1S/C26H19N3O5/c1-34-20-11-10-14(12-19(20)29(32)33)13-27-28-25(30)23-21-15-6-2-3-7-16(15)22(24(23)26(28)31)18-9-5-4-8-17(18)21/h2-13,21-24H,1H3/b27-13-/t21?,22?,23-,24+. The number of rotatable bonds is 4. The fourth-order valence-electron chi connectivity index (χ4n) is 5.83. The highest BCUT2D eigenvalue weighted by atomic mass is 16.6. The molecule has 168 valence electrons. The van der Waals surface area contributed by atoms with Gasteiger partial charge >= 0.3 is 5.69 Å². The van der Waals surface area contributed by atoms with Crippen molar-refractivity contribution in [2.75, 3.05) is 7.11 Å². The van der Waals surface area contributed by atoms with Crippen molar-refractivity contribution in [2.45, 2.75) is 11.8 Å². The lowest BCUT2D eigenvalue weighted by Gasteiger charge is -2.45. The molecule has 3 aliphatic carbocycles. The highest BCUT2D eigenvalue weighted by Crippen LogP contribution is 2.60. The Morgan fingerprint density at radius 2 is 1.38 bits per heavy atom. The Labute approximate surface area is 194 Å². The molecular formula is C26H19N3O5. The van der Waals surface area contributed by atoms with Gasteiger partial charge in [-0.15, -0.1) is 0 Å². The van der Waals surface area contributed by atoms with Gasteiger partial charge in [0.2, 0.25) is 0 Å². The van der Waals surface area contributed by atoms with E-state index in [1.54, 1.807) is 6.07 Å². The van der Waals surface area contributed by atoms with Gasteiger partial charge in [0, 0.05) is 23.5 Å². The summed E-state index contributed by atoms with van der Waals surface area (Å²) in [6.45, 7) is 0. The second kappa shape index (κ2) is 7.34. The minimum atomic E-state index is -0.553. The van der Waals surface area contributed by atoms with E-state index in [2.05, 4.69) is 5.10 Å². The monoisotopic (exact) mass is 453 g/mol. The zero-order valence-electron chi connectivity index (χ0n) is 18.1. The van der Waals surface area contributed by atoms with Gasteiger partial charge in [-0.3, -0.25) is 19.7 Å². The number of hydrogen-bond acceptors (Lipinski definition) is 6. The maximum Gasteiger partial charge on any atom is 0.311 e. The largest absolute Gasteiger partial charge is 0.490 e. The number of methoxy groups -OCH3 is 1. The van der Waals surface area contributed by atoms with E-state index in [4.69, 9.17) is 4.74 Å². The molecule has 0 spiro atoms. The quantitative estimate of drug-likeness (QED) is 0.259. The predicted octanol–water partition coefficient (Wildman–Crippen LogP) is 3.83. The van der Waals surface area contributed by atoms with Gasteiger partial charge in [0.15, 0.2) is 5.75 Å². The molecule has 2 amide bonds. The van der Waals surface area contributed by atoms with Crippen molar-refractivity contribution < 1.29 is 19.2 Å². The normalized spacial score (nSPS) is 24.2. The lowest BCUT2D eigenvalue weighted by Crippen LogP contribution is -2.41. The summed E-state index contributed by atoms with van der Waals surface area (Å²) < 4.78 is 5.03. The highest BCUT2D eigenvalue weighted by Gasteiger charge is 2.61. The van der Waals surface area contributed by atoms with Crippen LogP contribution in [0.5, 0.6) is 5.75 Å². The zero-order valence-corrected chi connectivity index (χ0v) is 18.1. The minimum absolute atomic E-state index is 0.119. The molecule has 34 heavy (non-hydrogen) atoms. The molecule has 1 fully saturated rings. The Hall–Kier alpha value is -4.33. The Kier molecular flexibility index (Phi) is 4.38. The first-order chi connectivity index (χ1) is 16.5. The molecule has 8 heteroatoms. The van der Waals surface area contributed by atoms with Gasteiger partial charge in [-0.2, -0.15) is 10.1 Å². The van der Waals surface area contributed by atoms with E-state index in [0.29, 0.717) is 5.56 Å². The van der Waals surface area contributed by atoms with Gasteiger partial charge in [-0.25, -0.2) is 0 Å². The molecule has 3 aromatic rings. The average Bonchev–Trinajstić information content (AvgIpc) is 3.12. The van der Waals surface area contributed by atoms with E-state index >= 15 is 0 Å². The van der Waals surface area contributed by atoms with Crippen LogP contribution >= 0.6 is 0 Å². The van der Waals surface area contributed by atoms with Crippen molar-refractivity contribution >= 4 is 23.7 Å². The smallest absolute Gasteiger partial charge is 0.311 e. The van der Waals surface area contributed by atoms with Crippen molar-refractivity contribution in [3.63, 3.8) is 0 Å². The third-order valence-corrected chi connectivity index (χ3v) is 7.15. The third kappa shape index (κ3) is 2.68. The van der Waals surface area contributed by atoms with E-state index in [0.717, 1.165) is 27.3 Å². The maximum atomic E-state index is 13.5. The summed E-state index contributed by atoms with van der Waals surface area (Å²) in [7, 11) is 1.35. The van der Waals surface area contributed by atoms with Gasteiger partial charge < -0.3 is 4.74 Å². The van der Waals surface area contributed by atoms with Crippen molar-refractivity contribution in [1.29, 1.82) is 0 Å². The van der Waals surface area contributed by atoms with Gasteiger partial charge in [-0.1, -0.05) is 48.5 Å². The summed E-state index contributed by atoms with van der Waals surface area (Å²) in [4.78, 5) is 37.8. The number of nitro groups is 1. The molecule has 2 atom stereocenters. The van der Waals surface area contributed by atoms with Crippen LogP contribution in [0.3, 0.4) is 0 Å². The van der Waals surface area contributed by atoms with Gasteiger partial charge in [0.1, 0.15) is 0 Å². The number of hydrazone groups is 1. The molecular weight excluding hydrogens is 434 g/mol. The SMILES string of the molecule is COc1ccc(/C=N\N2C(=O)[C@@H]3C4c5ccccc5C(c5ccccc54)[C@@H]3C2=O)cc1[N+](=O)[O-]. The Bertz CT molecular complexity index is 1300. The van der Waals surface area contributed by atoms with Gasteiger partial charge in [-0.05, 0) is 34.4 Å². The summed E-state index contributed by atoms with van der Waals surface area (Å²) >= 11 is 0. The van der Waals surface area contributed by atoms with Crippen molar-refractivity contribution in [2.24, 2.45) is 16.9 Å². The fourth-order valence-corrected chi connectivity index (χ4v) is 5.83. The van der Waals surface area contributed by atoms with Crippen LogP contribution in [-0.4, -0.2) is 35.1 Å². The molecule has 0 aromatic heterocycles. The van der Waals surface area contributed by atoms with Crippen LogP contribution in [0.4, 0.5) is 5.69 Å². The second-order valence-corrected chi connectivity index (χ2v) is 8.69. The Morgan fingerprint density at radius 3 is 1.82 bits per heavy atom. The van der Waals surface area contributed by atoms with Crippen LogP contribution < -0.4 is 4.74 Å². The topological polar surface area (TPSA) is 102 Å². The molecule has 8 nitrogen and oxygen atoms in total. The molecule has 1 saturated heterocycles. The maximum absolute atomic E-state index is 13.5. The summed E-state index contributed by atoms with van der Waals surface area (Å²) in [6, 6.07) is 20.4. The number of hydrogen-bond donors (Lipinski definition) is 0. The summed E-state index contributed by atoms with van der Waals surface area (Å²) in [5.74, 6) is -2.02. The van der Waals surface area contributed by atoms with E-state index in [9.17, 15) is 19.7 Å². The van der Waals surface area contributed by atoms with Crippen molar-refractivity contribution in [3.8, 4) is 5.75 Å². The van der Waals surface area contributed by atoms with E-state index in [-0.39, 0.29) is 35.1 Å². The van der Waals surface area contributed by atoms with Crippen LogP contribution in [0.15, 0.2) is 71.8 Å². The first kappa shape index (κ1) is 20.3.